The van der Waals surface area contributed by atoms with Gasteiger partial charge in [0.2, 0.25) is 0 Å². The monoisotopic (exact) mass is 261 g/mol. The van der Waals surface area contributed by atoms with E-state index in [4.69, 9.17) is 20.4 Å². The smallest absolute Gasteiger partial charge is 0.140 e. The van der Waals surface area contributed by atoms with E-state index in [2.05, 4.69) is 23.9 Å². The number of hydrogen-bond donors (Lipinski definition) is 2. The highest BCUT2D eigenvalue weighted by molar-refractivity contribution is 5.79. The fraction of sp³-hybridized carbons (Fsp3) is 0.917. The van der Waals surface area contributed by atoms with Crippen molar-refractivity contribution in [2.24, 2.45) is 16.8 Å². The van der Waals surface area contributed by atoms with Crippen LogP contribution in [-0.4, -0.2) is 62.5 Å². The van der Waals surface area contributed by atoms with Crippen molar-refractivity contribution in [1.82, 2.24) is 4.90 Å². The number of nitrogens with two attached hydrogens (primary N) is 1. The molecule has 6 heteroatoms. The Balaban J connectivity index is 3.84. The van der Waals surface area contributed by atoms with Crippen LogP contribution in [0.25, 0.3) is 0 Å². The minimum absolute atomic E-state index is 0.268. The molecule has 0 atom stereocenters. The first-order chi connectivity index (χ1) is 8.60. The second kappa shape index (κ2) is 11.3. The Labute approximate surface area is 110 Å². The van der Waals surface area contributed by atoms with Gasteiger partial charge in [-0.25, -0.2) is 0 Å². The lowest BCUT2D eigenvalue weighted by molar-refractivity contribution is 0.0558. The SMILES string of the molecule is COCCOCCN(CCC(N)=NO)CC(C)C. The molecule has 0 fully saturated rings. The van der Waals surface area contributed by atoms with Crippen LogP contribution in [0.15, 0.2) is 5.16 Å². The Hall–Kier alpha value is -0.850. The molecule has 0 radical (unpaired) electrons. The van der Waals surface area contributed by atoms with Crippen molar-refractivity contribution in [2.75, 3.05) is 46.6 Å². The molecule has 18 heavy (non-hydrogen) atoms. The highest BCUT2D eigenvalue weighted by atomic mass is 16.5. The van der Waals surface area contributed by atoms with Crippen LogP contribution >= 0.6 is 0 Å². The molecule has 0 aromatic heterocycles. The molecule has 0 rings (SSSR count). The first kappa shape index (κ1) is 17.2. The molecule has 0 aliphatic carbocycles. The van der Waals surface area contributed by atoms with Gasteiger partial charge in [-0.3, -0.25) is 0 Å². The lowest BCUT2D eigenvalue weighted by Crippen LogP contribution is -2.34. The van der Waals surface area contributed by atoms with Crippen molar-refractivity contribution in [3.63, 3.8) is 0 Å². The fourth-order valence-corrected chi connectivity index (χ4v) is 1.57. The Morgan fingerprint density at radius 2 is 2.00 bits per heavy atom. The van der Waals surface area contributed by atoms with E-state index in [-0.39, 0.29) is 5.84 Å². The van der Waals surface area contributed by atoms with Gasteiger partial charge < -0.3 is 25.3 Å². The van der Waals surface area contributed by atoms with Gasteiger partial charge in [0.15, 0.2) is 0 Å². The standard InChI is InChI=1S/C12H27N3O3/c1-11(2)10-15(5-4-12(13)14-16)6-7-18-9-8-17-3/h11,16H,4-10H2,1-3H3,(H2,13,14). The Morgan fingerprint density at radius 1 is 1.28 bits per heavy atom. The number of rotatable bonds is 11. The van der Waals surface area contributed by atoms with Crippen LogP contribution in [0.2, 0.25) is 0 Å². The maximum absolute atomic E-state index is 8.51. The summed E-state index contributed by atoms with van der Waals surface area (Å²) in [5.41, 5.74) is 5.47. The average Bonchev–Trinajstić information content (AvgIpc) is 2.34. The van der Waals surface area contributed by atoms with Crippen molar-refractivity contribution in [3.05, 3.63) is 0 Å². The summed E-state index contributed by atoms with van der Waals surface area (Å²) in [6.07, 6.45) is 0.571. The summed E-state index contributed by atoms with van der Waals surface area (Å²) in [4.78, 5) is 2.26. The van der Waals surface area contributed by atoms with Gasteiger partial charge in [0.1, 0.15) is 5.84 Å². The topological polar surface area (TPSA) is 80.3 Å². The minimum Gasteiger partial charge on any atom is -0.409 e. The quantitative estimate of drug-likeness (QED) is 0.188. The molecule has 0 aliphatic rings. The van der Waals surface area contributed by atoms with Gasteiger partial charge in [-0.1, -0.05) is 19.0 Å². The summed E-state index contributed by atoms with van der Waals surface area (Å²) in [6, 6.07) is 0. The maximum atomic E-state index is 8.51. The Kier molecular flexibility index (Phi) is 10.7. The van der Waals surface area contributed by atoms with Gasteiger partial charge in [-0.05, 0) is 5.92 Å². The highest BCUT2D eigenvalue weighted by Gasteiger charge is 2.08. The average molecular weight is 261 g/mol. The second-order valence-electron chi connectivity index (χ2n) is 4.64. The highest BCUT2D eigenvalue weighted by Crippen LogP contribution is 2.00. The fourth-order valence-electron chi connectivity index (χ4n) is 1.57. The first-order valence-corrected chi connectivity index (χ1v) is 6.35. The molecule has 0 heterocycles. The third-order valence-electron chi connectivity index (χ3n) is 2.42. The summed E-state index contributed by atoms with van der Waals surface area (Å²) < 4.78 is 10.4. The van der Waals surface area contributed by atoms with Crippen LogP contribution in [0.3, 0.4) is 0 Å². The van der Waals surface area contributed by atoms with Gasteiger partial charge in [0, 0.05) is 33.2 Å². The Morgan fingerprint density at radius 3 is 2.56 bits per heavy atom. The van der Waals surface area contributed by atoms with E-state index in [1.54, 1.807) is 7.11 Å². The molecule has 0 aromatic rings. The summed E-state index contributed by atoms with van der Waals surface area (Å²) >= 11 is 0. The van der Waals surface area contributed by atoms with Crippen LogP contribution < -0.4 is 5.73 Å². The zero-order valence-corrected chi connectivity index (χ0v) is 11.8. The van der Waals surface area contributed by atoms with E-state index < -0.39 is 0 Å². The van der Waals surface area contributed by atoms with E-state index in [1.165, 1.54) is 0 Å². The zero-order chi connectivity index (χ0) is 13.8. The van der Waals surface area contributed by atoms with Crippen molar-refractivity contribution >= 4 is 5.84 Å². The molecule has 3 N–H and O–H groups in total. The molecule has 0 amide bonds. The molecular weight excluding hydrogens is 234 g/mol. The van der Waals surface area contributed by atoms with Crippen LogP contribution in [0.1, 0.15) is 20.3 Å². The summed E-state index contributed by atoms with van der Waals surface area (Å²) in [5.74, 6) is 0.848. The van der Waals surface area contributed by atoms with E-state index in [0.717, 1.165) is 19.6 Å². The van der Waals surface area contributed by atoms with Crippen LogP contribution in [0.5, 0.6) is 0 Å². The summed E-state index contributed by atoms with van der Waals surface area (Å²) in [7, 11) is 1.66. The normalized spacial score (nSPS) is 12.6. The van der Waals surface area contributed by atoms with Gasteiger partial charge >= 0.3 is 0 Å². The number of amidine groups is 1. The molecule has 0 bridgehead atoms. The third-order valence-corrected chi connectivity index (χ3v) is 2.42. The van der Waals surface area contributed by atoms with Crippen LogP contribution in [0.4, 0.5) is 0 Å². The molecule has 108 valence electrons. The lowest BCUT2D eigenvalue weighted by Gasteiger charge is -2.23. The van der Waals surface area contributed by atoms with E-state index in [9.17, 15) is 0 Å². The number of ether oxygens (including phenoxy) is 2. The van der Waals surface area contributed by atoms with Crippen LogP contribution in [-0.2, 0) is 9.47 Å². The molecule has 0 aliphatic heterocycles. The molecule has 0 aromatic carbocycles. The molecular formula is C12H27N3O3. The second-order valence-corrected chi connectivity index (χ2v) is 4.64. The predicted molar refractivity (Wildman–Crippen MR) is 72.0 cm³/mol. The lowest BCUT2D eigenvalue weighted by atomic mass is 10.2. The van der Waals surface area contributed by atoms with Crippen molar-refractivity contribution in [3.8, 4) is 0 Å². The molecule has 0 spiro atoms. The van der Waals surface area contributed by atoms with Gasteiger partial charge in [0.25, 0.3) is 0 Å². The maximum Gasteiger partial charge on any atom is 0.140 e. The van der Waals surface area contributed by atoms with E-state index in [0.29, 0.717) is 32.2 Å². The largest absolute Gasteiger partial charge is 0.409 e. The number of hydrogen-bond acceptors (Lipinski definition) is 5. The van der Waals surface area contributed by atoms with Gasteiger partial charge in [-0.2, -0.15) is 0 Å². The van der Waals surface area contributed by atoms with E-state index in [1.807, 2.05) is 0 Å². The summed E-state index contributed by atoms with van der Waals surface area (Å²) in [6.45, 7) is 8.85. The van der Waals surface area contributed by atoms with Crippen molar-refractivity contribution in [1.29, 1.82) is 0 Å². The van der Waals surface area contributed by atoms with Gasteiger partial charge in [-0.15, -0.1) is 0 Å². The molecule has 6 nitrogen and oxygen atoms in total. The Bertz CT molecular complexity index is 223. The molecule has 0 unspecified atom stereocenters. The van der Waals surface area contributed by atoms with Crippen molar-refractivity contribution in [2.45, 2.75) is 20.3 Å². The number of methoxy groups -OCH3 is 1. The number of oxime groups is 1. The predicted octanol–water partition coefficient (Wildman–Crippen LogP) is 0.744. The number of nitrogens with zero attached hydrogens (tertiary/aromatic N) is 2. The van der Waals surface area contributed by atoms with Gasteiger partial charge in [0.05, 0.1) is 19.8 Å². The zero-order valence-electron chi connectivity index (χ0n) is 11.8. The van der Waals surface area contributed by atoms with Crippen LogP contribution in [0, 0.1) is 5.92 Å². The minimum atomic E-state index is 0.268. The molecule has 0 saturated carbocycles. The summed E-state index contributed by atoms with van der Waals surface area (Å²) in [5, 5.41) is 11.5. The van der Waals surface area contributed by atoms with Crippen molar-refractivity contribution < 1.29 is 14.7 Å². The third kappa shape index (κ3) is 10.3. The molecule has 0 saturated heterocycles. The first-order valence-electron chi connectivity index (χ1n) is 6.35. The van der Waals surface area contributed by atoms with E-state index >= 15 is 0 Å².